The molecule has 1 atom stereocenters. The summed E-state index contributed by atoms with van der Waals surface area (Å²) in [6, 6.07) is 8.68. The highest BCUT2D eigenvalue weighted by molar-refractivity contribution is 5.80. The van der Waals surface area contributed by atoms with E-state index in [9.17, 15) is 0 Å². The summed E-state index contributed by atoms with van der Waals surface area (Å²) in [6.45, 7) is 7.76. The first kappa shape index (κ1) is 20.5. The lowest BCUT2D eigenvalue weighted by molar-refractivity contribution is 0.0513. The molecule has 1 saturated heterocycles. The lowest BCUT2D eigenvalue weighted by Gasteiger charge is -2.38. The molecule has 6 nitrogen and oxygen atoms in total. The highest BCUT2D eigenvalue weighted by Crippen LogP contribution is 2.35. The molecule has 1 aliphatic heterocycles. The minimum absolute atomic E-state index is 0.0328. The third-order valence-corrected chi connectivity index (χ3v) is 4.85. The molecule has 1 aliphatic rings. The van der Waals surface area contributed by atoms with Crippen LogP contribution in [0.5, 0.6) is 5.75 Å². The lowest BCUT2D eigenvalue weighted by Crippen LogP contribution is -2.50. The minimum Gasteiger partial charge on any atom is -0.494 e. The molecule has 0 radical (unpaired) electrons. The van der Waals surface area contributed by atoms with Crippen LogP contribution < -0.4 is 15.4 Å². The summed E-state index contributed by atoms with van der Waals surface area (Å²) in [5.41, 5.74) is 1.35. The quantitative estimate of drug-likeness (QED) is 0.548. The van der Waals surface area contributed by atoms with Crippen molar-refractivity contribution >= 4 is 5.96 Å². The largest absolute Gasteiger partial charge is 0.494 e. The number of nitrogens with zero attached hydrogens (tertiary/aromatic N) is 1. The van der Waals surface area contributed by atoms with Gasteiger partial charge >= 0.3 is 0 Å². The van der Waals surface area contributed by atoms with Gasteiger partial charge in [-0.15, -0.1) is 0 Å². The van der Waals surface area contributed by atoms with Crippen molar-refractivity contribution in [1.82, 2.24) is 10.6 Å². The number of nitrogens with one attached hydrogen (secondary N) is 2. The van der Waals surface area contributed by atoms with Crippen LogP contribution in [0.2, 0.25) is 0 Å². The van der Waals surface area contributed by atoms with Crippen molar-refractivity contribution < 1.29 is 14.2 Å². The van der Waals surface area contributed by atoms with E-state index < -0.39 is 0 Å². The highest BCUT2D eigenvalue weighted by atomic mass is 16.5. The van der Waals surface area contributed by atoms with Crippen LogP contribution in [0, 0.1) is 0 Å². The molecule has 1 aromatic rings. The molecule has 0 aromatic heterocycles. The van der Waals surface area contributed by atoms with Crippen molar-refractivity contribution in [3.63, 3.8) is 0 Å². The van der Waals surface area contributed by atoms with Gasteiger partial charge in [0.2, 0.25) is 0 Å². The third-order valence-electron chi connectivity index (χ3n) is 4.85. The molecule has 1 unspecified atom stereocenters. The molecule has 26 heavy (non-hydrogen) atoms. The number of hydrogen-bond acceptors (Lipinski definition) is 4. The first-order chi connectivity index (χ1) is 12.6. The van der Waals surface area contributed by atoms with E-state index in [0.717, 1.165) is 44.3 Å². The predicted molar refractivity (Wildman–Crippen MR) is 105 cm³/mol. The molecule has 0 saturated carbocycles. The molecule has 0 amide bonds. The number of hydrogen-bond donors (Lipinski definition) is 2. The van der Waals surface area contributed by atoms with E-state index in [1.54, 1.807) is 14.2 Å². The van der Waals surface area contributed by atoms with E-state index >= 15 is 0 Å². The first-order valence-electron chi connectivity index (χ1n) is 9.40. The van der Waals surface area contributed by atoms with E-state index in [2.05, 4.69) is 46.8 Å². The topological polar surface area (TPSA) is 64.1 Å². The van der Waals surface area contributed by atoms with Gasteiger partial charge in [-0.2, -0.15) is 0 Å². The fourth-order valence-electron chi connectivity index (χ4n) is 3.37. The van der Waals surface area contributed by atoms with Gasteiger partial charge in [0.05, 0.1) is 13.2 Å². The molecule has 1 fully saturated rings. The fourth-order valence-corrected chi connectivity index (χ4v) is 3.37. The van der Waals surface area contributed by atoms with Gasteiger partial charge < -0.3 is 24.8 Å². The Kier molecular flexibility index (Phi) is 8.19. The zero-order chi connectivity index (χ0) is 18.8. The number of aliphatic imine (C=N–C) groups is 1. The second-order valence-corrected chi connectivity index (χ2v) is 6.78. The normalized spacial score (nSPS) is 18.2. The van der Waals surface area contributed by atoms with Crippen molar-refractivity contribution in [3.05, 3.63) is 29.8 Å². The first-order valence-corrected chi connectivity index (χ1v) is 9.40. The molecular weight excluding hydrogens is 330 g/mol. The van der Waals surface area contributed by atoms with Crippen molar-refractivity contribution in [2.75, 3.05) is 47.1 Å². The Morgan fingerprint density at radius 2 is 1.96 bits per heavy atom. The third kappa shape index (κ3) is 5.61. The van der Waals surface area contributed by atoms with Crippen molar-refractivity contribution in [3.8, 4) is 5.75 Å². The van der Waals surface area contributed by atoms with Crippen molar-refractivity contribution in [2.45, 2.75) is 38.1 Å². The molecule has 2 rings (SSSR count). The van der Waals surface area contributed by atoms with E-state index in [1.807, 2.05) is 6.92 Å². The Labute approximate surface area is 157 Å². The summed E-state index contributed by atoms with van der Waals surface area (Å²) in [5.74, 6) is 1.71. The van der Waals surface area contributed by atoms with Crippen LogP contribution in [0.3, 0.4) is 0 Å². The maximum absolute atomic E-state index is 5.62. The maximum atomic E-state index is 5.62. The van der Waals surface area contributed by atoms with E-state index in [1.165, 1.54) is 5.56 Å². The summed E-state index contributed by atoms with van der Waals surface area (Å²) >= 11 is 0. The Bertz CT molecular complexity index is 554. The molecular formula is C20H33N3O3. The summed E-state index contributed by atoms with van der Waals surface area (Å²) in [7, 11) is 3.50. The van der Waals surface area contributed by atoms with E-state index in [0.29, 0.717) is 13.2 Å². The smallest absolute Gasteiger partial charge is 0.191 e. The van der Waals surface area contributed by atoms with Crippen LogP contribution in [0.1, 0.15) is 32.3 Å². The summed E-state index contributed by atoms with van der Waals surface area (Å²) in [5, 5.41) is 6.87. The Morgan fingerprint density at radius 3 is 2.54 bits per heavy atom. The zero-order valence-electron chi connectivity index (χ0n) is 16.5. The lowest BCUT2D eigenvalue weighted by atomic mass is 9.74. The van der Waals surface area contributed by atoms with Gasteiger partial charge in [0.25, 0.3) is 0 Å². The van der Waals surface area contributed by atoms with Crippen LogP contribution >= 0.6 is 0 Å². The molecule has 146 valence electrons. The average Bonchev–Trinajstić information content (AvgIpc) is 2.67. The van der Waals surface area contributed by atoms with Gasteiger partial charge in [-0.3, -0.25) is 4.99 Å². The predicted octanol–water partition coefficient (Wildman–Crippen LogP) is 2.33. The summed E-state index contributed by atoms with van der Waals surface area (Å²) in [4.78, 5) is 4.35. The minimum atomic E-state index is 0.0328. The molecule has 2 N–H and O–H groups in total. The zero-order valence-corrected chi connectivity index (χ0v) is 16.5. The van der Waals surface area contributed by atoms with Gasteiger partial charge in [0.15, 0.2) is 5.96 Å². The van der Waals surface area contributed by atoms with Gasteiger partial charge in [0, 0.05) is 45.4 Å². The van der Waals surface area contributed by atoms with Crippen LogP contribution in [0.15, 0.2) is 29.3 Å². The van der Waals surface area contributed by atoms with Crippen molar-refractivity contribution in [2.24, 2.45) is 4.99 Å². The second-order valence-electron chi connectivity index (χ2n) is 6.78. The summed E-state index contributed by atoms with van der Waals surface area (Å²) in [6.07, 6.45) is 1.97. The number of ether oxygens (including phenoxy) is 3. The monoisotopic (exact) mass is 363 g/mol. The average molecular weight is 364 g/mol. The van der Waals surface area contributed by atoms with E-state index in [-0.39, 0.29) is 11.5 Å². The van der Waals surface area contributed by atoms with Gasteiger partial charge in [0.1, 0.15) is 5.75 Å². The van der Waals surface area contributed by atoms with Crippen LogP contribution in [0.25, 0.3) is 0 Å². The standard InChI is InChI=1S/C20H33N3O3/c1-5-26-18-8-6-17(7-9-18)20(10-12-25-13-11-20)15-22-19(21-3)23-16(2)14-24-4/h6-9,16H,5,10-15H2,1-4H3,(H2,21,22,23). The Morgan fingerprint density at radius 1 is 1.27 bits per heavy atom. The summed E-state index contributed by atoms with van der Waals surface area (Å²) < 4.78 is 16.4. The van der Waals surface area contributed by atoms with Gasteiger partial charge in [-0.1, -0.05) is 12.1 Å². The molecule has 0 aliphatic carbocycles. The van der Waals surface area contributed by atoms with Crippen LogP contribution in [0.4, 0.5) is 0 Å². The number of rotatable bonds is 8. The fraction of sp³-hybridized carbons (Fsp3) is 0.650. The van der Waals surface area contributed by atoms with Crippen LogP contribution in [-0.2, 0) is 14.9 Å². The molecule has 6 heteroatoms. The number of guanidine groups is 1. The second kappa shape index (κ2) is 10.4. The van der Waals surface area contributed by atoms with Crippen LogP contribution in [-0.4, -0.2) is 59.1 Å². The van der Waals surface area contributed by atoms with Gasteiger partial charge in [-0.25, -0.2) is 0 Å². The highest BCUT2D eigenvalue weighted by Gasteiger charge is 2.34. The number of methoxy groups -OCH3 is 1. The maximum Gasteiger partial charge on any atom is 0.191 e. The molecule has 1 aromatic carbocycles. The number of benzene rings is 1. The van der Waals surface area contributed by atoms with E-state index in [4.69, 9.17) is 14.2 Å². The molecule has 0 bridgehead atoms. The Balaban J connectivity index is 2.08. The molecule has 0 spiro atoms. The van der Waals surface area contributed by atoms with Crippen molar-refractivity contribution in [1.29, 1.82) is 0 Å². The SMILES string of the molecule is CCOc1ccc(C2(CNC(=NC)NC(C)COC)CCOCC2)cc1. The van der Waals surface area contributed by atoms with Gasteiger partial charge in [-0.05, 0) is 44.4 Å². The Hall–Kier alpha value is -1.79. The molecule has 1 heterocycles.